The third-order valence-corrected chi connectivity index (χ3v) is 4.28. The quantitative estimate of drug-likeness (QED) is 0.729. The zero-order valence-corrected chi connectivity index (χ0v) is 13.0. The number of carbonyl (C=O) groups excluding carboxylic acids is 1. The van der Waals surface area contributed by atoms with E-state index in [1.54, 1.807) is 24.5 Å². The van der Waals surface area contributed by atoms with Gasteiger partial charge >= 0.3 is 0 Å². The number of nitrogens with zero attached hydrogens (tertiary/aromatic N) is 1. The molecule has 3 nitrogen and oxygen atoms in total. The minimum Gasteiger partial charge on any atom is -0.469 e. The van der Waals surface area contributed by atoms with Crippen molar-refractivity contribution in [3.63, 3.8) is 0 Å². The molecule has 0 aliphatic heterocycles. The molecule has 0 saturated heterocycles. The average Bonchev–Trinajstić information content (AvgIpc) is 3.18. The zero-order chi connectivity index (χ0) is 16.2. The fourth-order valence-electron chi connectivity index (χ4n) is 2.93. The first-order chi connectivity index (χ1) is 11.2. The summed E-state index contributed by atoms with van der Waals surface area (Å²) >= 11 is 0. The maximum absolute atomic E-state index is 13.0. The Labute approximate surface area is 135 Å². The summed E-state index contributed by atoms with van der Waals surface area (Å²) in [6.07, 6.45) is 4.91. The second-order valence-corrected chi connectivity index (χ2v) is 5.90. The number of furan rings is 1. The molecule has 120 valence electrons. The van der Waals surface area contributed by atoms with Gasteiger partial charge in [-0.05, 0) is 42.2 Å². The monoisotopic (exact) mass is 313 g/mol. The van der Waals surface area contributed by atoms with Crippen LogP contribution >= 0.6 is 0 Å². The van der Waals surface area contributed by atoms with Crippen LogP contribution in [0.5, 0.6) is 0 Å². The largest absolute Gasteiger partial charge is 0.469 e. The third-order valence-electron chi connectivity index (χ3n) is 4.28. The van der Waals surface area contributed by atoms with E-state index in [4.69, 9.17) is 4.42 Å². The Balaban J connectivity index is 1.60. The summed E-state index contributed by atoms with van der Waals surface area (Å²) < 4.78 is 18.3. The zero-order valence-electron chi connectivity index (χ0n) is 13.0. The molecule has 1 aromatic heterocycles. The molecule has 3 rings (SSSR count). The van der Waals surface area contributed by atoms with Crippen LogP contribution in [0.3, 0.4) is 0 Å². The lowest BCUT2D eigenvalue weighted by Crippen LogP contribution is -2.34. The van der Waals surface area contributed by atoms with Crippen molar-refractivity contribution in [2.75, 3.05) is 13.1 Å². The van der Waals surface area contributed by atoms with Gasteiger partial charge in [-0.25, -0.2) is 4.39 Å². The van der Waals surface area contributed by atoms with Crippen molar-refractivity contribution < 1.29 is 13.6 Å². The van der Waals surface area contributed by atoms with Gasteiger partial charge in [0.25, 0.3) is 0 Å². The minimum atomic E-state index is -0.246. The summed E-state index contributed by atoms with van der Waals surface area (Å²) in [7, 11) is 0. The first-order valence-corrected chi connectivity index (χ1v) is 7.86. The Morgan fingerprint density at radius 1 is 1.35 bits per heavy atom. The van der Waals surface area contributed by atoms with Crippen molar-refractivity contribution in [1.29, 1.82) is 0 Å². The maximum Gasteiger partial charge on any atom is 0.226 e. The van der Waals surface area contributed by atoms with Gasteiger partial charge in [-0.3, -0.25) is 4.79 Å². The molecule has 0 N–H and O–H groups in total. The molecule has 23 heavy (non-hydrogen) atoms. The van der Waals surface area contributed by atoms with Crippen LogP contribution in [0.25, 0.3) is 0 Å². The van der Waals surface area contributed by atoms with Crippen LogP contribution < -0.4 is 0 Å². The van der Waals surface area contributed by atoms with Crippen LogP contribution in [0.1, 0.15) is 23.7 Å². The Hall–Kier alpha value is -2.36. The number of halogens is 1. The third kappa shape index (κ3) is 3.70. The molecule has 4 heteroatoms. The number of rotatable bonds is 7. The average molecular weight is 313 g/mol. The molecule has 1 aliphatic rings. The van der Waals surface area contributed by atoms with Gasteiger partial charge in [0.2, 0.25) is 5.91 Å². The highest BCUT2D eigenvalue weighted by Crippen LogP contribution is 2.48. The molecule has 1 fully saturated rings. The lowest BCUT2D eigenvalue weighted by molar-refractivity contribution is -0.132. The second kappa shape index (κ2) is 6.82. The van der Waals surface area contributed by atoms with Crippen molar-refractivity contribution in [1.82, 2.24) is 4.90 Å². The van der Waals surface area contributed by atoms with Crippen LogP contribution in [0.4, 0.5) is 4.39 Å². The summed E-state index contributed by atoms with van der Waals surface area (Å²) in [5, 5.41) is 0. The Bertz CT molecular complexity index is 663. The number of hydrogen-bond donors (Lipinski definition) is 0. The van der Waals surface area contributed by atoms with Gasteiger partial charge in [-0.2, -0.15) is 0 Å². The van der Waals surface area contributed by atoms with Gasteiger partial charge in [0.1, 0.15) is 11.6 Å². The standard InChI is InChI=1S/C19H20FNO2/c1-2-10-21(11-9-16-4-3-12-23-16)19(22)18-13-17(18)14-5-7-15(20)8-6-14/h2-8,12,17-18H,1,9-11,13H2/t17-,18-/m0/s1. The van der Waals surface area contributed by atoms with E-state index in [9.17, 15) is 9.18 Å². The summed E-state index contributed by atoms with van der Waals surface area (Å²) in [5.41, 5.74) is 1.04. The van der Waals surface area contributed by atoms with Crippen LogP contribution in [0.2, 0.25) is 0 Å². The van der Waals surface area contributed by atoms with Gasteiger partial charge < -0.3 is 9.32 Å². The van der Waals surface area contributed by atoms with Crippen LogP contribution in [0, 0.1) is 11.7 Å². The fraction of sp³-hybridized carbons (Fsp3) is 0.316. The number of carbonyl (C=O) groups is 1. The van der Waals surface area contributed by atoms with Gasteiger partial charge in [-0.1, -0.05) is 18.2 Å². The van der Waals surface area contributed by atoms with E-state index in [0.717, 1.165) is 17.7 Å². The highest BCUT2D eigenvalue weighted by molar-refractivity contribution is 5.83. The van der Waals surface area contributed by atoms with Crippen molar-refractivity contribution in [2.45, 2.75) is 18.8 Å². The molecule has 1 aromatic carbocycles. The molecule has 1 aliphatic carbocycles. The molecular formula is C19H20FNO2. The summed E-state index contributed by atoms with van der Waals surface area (Å²) in [6, 6.07) is 10.2. The van der Waals surface area contributed by atoms with E-state index < -0.39 is 0 Å². The maximum atomic E-state index is 13.0. The molecule has 2 atom stereocenters. The molecule has 1 saturated carbocycles. The number of hydrogen-bond acceptors (Lipinski definition) is 2. The Morgan fingerprint density at radius 2 is 2.13 bits per heavy atom. The van der Waals surface area contributed by atoms with E-state index in [1.165, 1.54) is 12.1 Å². The van der Waals surface area contributed by atoms with Crippen LogP contribution in [-0.4, -0.2) is 23.9 Å². The number of amides is 1. The van der Waals surface area contributed by atoms with E-state index in [0.29, 0.717) is 19.5 Å². The minimum absolute atomic E-state index is 0.00277. The second-order valence-electron chi connectivity index (χ2n) is 5.90. The lowest BCUT2D eigenvalue weighted by Gasteiger charge is -2.21. The molecule has 0 unspecified atom stereocenters. The van der Waals surface area contributed by atoms with Crippen molar-refractivity contribution >= 4 is 5.91 Å². The van der Waals surface area contributed by atoms with E-state index >= 15 is 0 Å². The molecule has 0 radical (unpaired) electrons. The highest BCUT2D eigenvalue weighted by atomic mass is 19.1. The van der Waals surface area contributed by atoms with Crippen LogP contribution in [0.15, 0.2) is 59.7 Å². The van der Waals surface area contributed by atoms with Crippen molar-refractivity contribution in [2.24, 2.45) is 5.92 Å². The van der Waals surface area contributed by atoms with Crippen molar-refractivity contribution in [3.05, 3.63) is 72.5 Å². The molecule has 1 heterocycles. The van der Waals surface area contributed by atoms with E-state index in [1.807, 2.05) is 17.0 Å². The number of benzene rings is 1. The molecular weight excluding hydrogens is 293 g/mol. The summed E-state index contributed by atoms with van der Waals surface area (Å²) in [5.74, 6) is 0.976. The fourth-order valence-corrected chi connectivity index (χ4v) is 2.93. The smallest absolute Gasteiger partial charge is 0.226 e. The van der Waals surface area contributed by atoms with E-state index in [2.05, 4.69) is 6.58 Å². The summed E-state index contributed by atoms with van der Waals surface area (Å²) in [4.78, 5) is 14.5. The lowest BCUT2D eigenvalue weighted by atomic mass is 10.1. The Morgan fingerprint density at radius 3 is 2.78 bits per heavy atom. The first-order valence-electron chi connectivity index (χ1n) is 7.86. The van der Waals surface area contributed by atoms with Gasteiger partial charge in [0, 0.05) is 25.4 Å². The van der Waals surface area contributed by atoms with Gasteiger partial charge in [0.15, 0.2) is 0 Å². The highest BCUT2D eigenvalue weighted by Gasteiger charge is 2.45. The molecule has 2 aromatic rings. The topological polar surface area (TPSA) is 33.5 Å². The normalized spacial score (nSPS) is 19.3. The molecule has 1 amide bonds. The molecule has 0 bridgehead atoms. The summed E-state index contributed by atoms with van der Waals surface area (Å²) in [6.45, 7) is 4.89. The van der Waals surface area contributed by atoms with Gasteiger partial charge in [0.05, 0.1) is 6.26 Å². The van der Waals surface area contributed by atoms with Crippen molar-refractivity contribution in [3.8, 4) is 0 Å². The molecule has 0 spiro atoms. The van der Waals surface area contributed by atoms with E-state index in [-0.39, 0.29) is 23.6 Å². The first kappa shape index (κ1) is 15.5. The van der Waals surface area contributed by atoms with Gasteiger partial charge in [-0.15, -0.1) is 6.58 Å². The Kier molecular flexibility index (Phi) is 4.60. The van der Waals surface area contributed by atoms with Crippen LogP contribution in [-0.2, 0) is 11.2 Å². The SMILES string of the molecule is C=CCN(CCc1ccco1)C(=O)[C@H]1C[C@H]1c1ccc(F)cc1. The predicted octanol–water partition coefficient (Wildman–Crippen LogP) is 3.78. The predicted molar refractivity (Wildman–Crippen MR) is 86.4 cm³/mol.